The number of aromatic nitrogens is 2. The molecule has 0 aliphatic heterocycles. The number of anilines is 1. The van der Waals surface area contributed by atoms with Crippen molar-refractivity contribution in [1.82, 2.24) is 9.97 Å². The molecule has 0 saturated heterocycles. The van der Waals surface area contributed by atoms with E-state index in [0.29, 0.717) is 17.0 Å². The van der Waals surface area contributed by atoms with Gasteiger partial charge < -0.3 is 4.90 Å². The van der Waals surface area contributed by atoms with Crippen LogP contribution in [0.3, 0.4) is 0 Å². The molecular weight excluding hydrogens is 282 g/mol. The molecule has 4 heteroatoms. The first-order valence-corrected chi connectivity index (χ1v) is 7.88. The Morgan fingerprint density at radius 1 is 1.19 bits per heavy atom. The van der Waals surface area contributed by atoms with Gasteiger partial charge in [0.25, 0.3) is 0 Å². The fourth-order valence-corrected chi connectivity index (χ4v) is 2.59. The molecule has 3 rings (SSSR count). The maximum Gasteiger partial charge on any atom is 0.163 e. The third kappa shape index (κ3) is 3.53. The predicted octanol–water partition coefficient (Wildman–Crippen LogP) is 4.42. The molecule has 1 fully saturated rings. The highest BCUT2D eigenvalue weighted by Gasteiger charge is 2.26. The Bertz CT molecular complexity index is 609. The van der Waals surface area contributed by atoms with E-state index in [2.05, 4.69) is 23.7 Å². The van der Waals surface area contributed by atoms with Crippen LogP contribution >= 0.6 is 11.6 Å². The van der Waals surface area contributed by atoms with Crippen LogP contribution in [0.15, 0.2) is 36.4 Å². The Hall–Kier alpha value is -1.61. The van der Waals surface area contributed by atoms with Gasteiger partial charge in [-0.25, -0.2) is 9.97 Å². The van der Waals surface area contributed by atoms with Crippen LogP contribution in [0.4, 0.5) is 5.82 Å². The highest BCUT2D eigenvalue weighted by atomic mass is 35.5. The second kappa shape index (κ2) is 6.02. The van der Waals surface area contributed by atoms with Crippen molar-refractivity contribution < 1.29 is 0 Å². The number of halogens is 1. The summed E-state index contributed by atoms with van der Waals surface area (Å²) in [6, 6.07) is 12.3. The molecular formula is C17H20ClN3. The lowest BCUT2D eigenvalue weighted by Gasteiger charge is -2.28. The van der Waals surface area contributed by atoms with Crippen molar-refractivity contribution in [2.24, 2.45) is 5.92 Å². The lowest BCUT2D eigenvalue weighted by Crippen LogP contribution is -2.33. The van der Waals surface area contributed by atoms with Gasteiger partial charge in [0.2, 0.25) is 0 Å². The number of hydrogen-bond donors (Lipinski definition) is 0. The molecule has 110 valence electrons. The van der Waals surface area contributed by atoms with Gasteiger partial charge in [-0.1, -0.05) is 41.9 Å². The summed E-state index contributed by atoms with van der Waals surface area (Å²) < 4.78 is 0. The smallest absolute Gasteiger partial charge is 0.163 e. The fraction of sp³-hybridized carbons (Fsp3) is 0.412. The third-order valence-corrected chi connectivity index (χ3v) is 3.98. The molecule has 1 aliphatic rings. The lowest BCUT2D eigenvalue weighted by molar-refractivity contribution is 0.636. The van der Waals surface area contributed by atoms with Gasteiger partial charge in [-0.05, 0) is 32.6 Å². The molecule has 0 radical (unpaired) electrons. The van der Waals surface area contributed by atoms with Gasteiger partial charge in [0.05, 0.1) is 0 Å². The maximum atomic E-state index is 6.22. The zero-order valence-electron chi connectivity index (χ0n) is 12.5. The molecule has 1 aliphatic carbocycles. The van der Waals surface area contributed by atoms with E-state index in [1.54, 1.807) is 0 Å². The summed E-state index contributed by atoms with van der Waals surface area (Å²) in [6.45, 7) is 5.44. The van der Waals surface area contributed by atoms with E-state index in [4.69, 9.17) is 16.6 Å². The van der Waals surface area contributed by atoms with Crippen LogP contribution in [0.2, 0.25) is 5.15 Å². The molecule has 1 aromatic carbocycles. The van der Waals surface area contributed by atoms with Crippen molar-refractivity contribution in [3.8, 4) is 11.4 Å². The Labute approximate surface area is 131 Å². The number of rotatable bonds is 5. The normalized spacial score (nSPS) is 14.5. The largest absolute Gasteiger partial charge is 0.354 e. The standard InChI is InChI=1S/C17H20ClN3/c1-12(2)21(11-13-8-9-13)16-10-15(18)19-17(20-16)14-6-4-3-5-7-14/h3-7,10,12-13H,8-9,11H2,1-2H3. The van der Waals surface area contributed by atoms with Crippen molar-refractivity contribution in [2.75, 3.05) is 11.4 Å². The minimum absolute atomic E-state index is 0.403. The summed E-state index contributed by atoms with van der Waals surface area (Å²) in [7, 11) is 0. The van der Waals surface area contributed by atoms with Gasteiger partial charge in [-0.2, -0.15) is 0 Å². The monoisotopic (exact) mass is 301 g/mol. The highest BCUT2D eigenvalue weighted by molar-refractivity contribution is 6.29. The number of hydrogen-bond acceptors (Lipinski definition) is 3. The van der Waals surface area contributed by atoms with E-state index in [1.165, 1.54) is 12.8 Å². The minimum atomic E-state index is 0.403. The van der Waals surface area contributed by atoms with Gasteiger partial charge in [0.15, 0.2) is 5.82 Å². The summed E-state index contributed by atoms with van der Waals surface area (Å²) in [6.07, 6.45) is 2.65. The van der Waals surface area contributed by atoms with E-state index < -0.39 is 0 Å². The molecule has 1 heterocycles. The fourth-order valence-electron chi connectivity index (χ4n) is 2.42. The second-order valence-corrected chi connectivity index (χ2v) is 6.32. The molecule has 0 spiro atoms. The van der Waals surface area contributed by atoms with Crippen molar-refractivity contribution in [2.45, 2.75) is 32.7 Å². The van der Waals surface area contributed by atoms with E-state index in [9.17, 15) is 0 Å². The third-order valence-electron chi connectivity index (χ3n) is 3.78. The van der Waals surface area contributed by atoms with E-state index >= 15 is 0 Å². The molecule has 0 unspecified atom stereocenters. The molecule has 0 bridgehead atoms. The first-order chi connectivity index (χ1) is 10.1. The Balaban J connectivity index is 1.96. The number of nitrogens with zero attached hydrogens (tertiary/aromatic N) is 3. The van der Waals surface area contributed by atoms with Gasteiger partial charge in [-0.15, -0.1) is 0 Å². The molecule has 0 atom stereocenters. The zero-order chi connectivity index (χ0) is 14.8. The van der Waals surface area contributed by atoms with E-state index in [1.807, 2.05) is 36.4 Å². The lowest BCUT2D eigenvalue weighted by atomic mass is 10.2. The molecule has 0 amide bonds. The van der Waals surface area contributed by atoms with Gasteiger partial charge in [-0.3, -0.25) is 0 Å². The molecule has 2 aromatic rings. The molecule has 3 nitrogen and oxygen atoms in total. The Kier molecular flexibility index (Phi) is 4.11. The van der Waals surface area contributed by atoms with Gasteiger partial charge in [0, 0.05) is 24.2 Å². The maximum absolute atomic E-state index is 6.22. The van der Waals surface area contributed by atoms with Gasteiger partial charge >= 0.3 is 0 Å². The quantitative estimate of drug-likeness (QED) is 0.765. The SMILES string of the molecule is CC(C)N(CC1CC1)c1cc(Cl)nc(-c2ccccc2)n1. The van der Waals surface area contributed by atoms with Crippen molar-refractivity contribution in [1.29, 1.82) is 0 Å². The topological polar surface area (TPSA) is 29.0 Å². The molecule has 1 aromatic heterocycles. The first kappa shape index (κ1) is 14.3. The van der Waals surface area contributed by atoms with Crippen LogP contribution in [-0.2, 0) is 0 Å². The Morgan fingerprint density at radius 3 is 2.52 bits per heavy atom. The average Bonchev–Trinajstić information content (AvgIpc) is 3.29. The number of benzene rings is 1. The van der Waals surface area contributed by atoms with Crippen LogP contribution in [-0.4, -0.2) is 22.6 Å². The van der Waals surface area contributed by atoms with Crippen LogP contribution in [0, 0.1) is 5.92 Å². The van der Waals surface area contributed by atoms with Crippen LogP contribution < -0.4 is 4.90 Å². The van der Waals surface area contributed by atoms with Crippen molar-refractivity contribution in [3.05, 3.63) is 41.6 Å². The predicted molar refractivity (Wildman–Crippen MR) is 87.7 cm³/mol. The summed E-state index contributed by atoms with van der Waals surface area (Å²) >= 11 is 6.22. The van der Waals surface area contributed by atoms with Crippen LogP contribution in [0.1, 0.15) is 26.7 Å². The van der Waals surface area contributed by atoms with Crippen molar-refractivity contribution >= 4 is 17.4 Å². The van der Waals surface area contributed by atoms with E-state index in [-0.39, 0.29) is 0 Å². The molecule has 0 N–H and O–H groups in total. The summed E-state index contributed by atoms with van der Waals surface area (Å²) in [5.41, 5.74) is 0.997. The average molecular weight is 302 g/mol. The van der Waals surface area contributed by atoms with Crippen molar-refractivity contribution in [3.63, 3.8) is 0 Å². The van der Waals surface area contributed by atoms with E-state index in [0.717, 1.165) is 23.8 Å². The van der Waals surface area contributed by atoms with Crippen LogP contribution in [0.25, 0.3) is 11.4 Å². The Morgan fingerprint density at radius 2 is 1.90 bits per heavy atom. The van der Waals surface area contributed by atoms with Gasteiger partial charge in [0.1, 0.15) is 11.0 Å². The summed E-state index contributed by atoms with van der Waals surface area (Å²) in [4.78, 5) is 11.4. The van der Waals surface area contributed by atoms with Crippen LogP contribution in [0.5, 0.6) is 0 Å². The highest BCUT2D eigenvalue weighted by Crippen LogP contribution is 2.32. The zero-order valence-corrected chi connectivity index (χ0v) is 13.2. The summed E-state index contributed by atoms with van der Waals surface area (Å²) in [5.74, 6) is 2.43. The minimum Gasteiger partial charge on any atom is -0.354 e. The first-order valence-electron chi connectivity index (χ1n) is 7.50. The summed E-state index contributed by atoms with van der Waals surface area (Å²) in [5, 5.41) is 0.500. The second-order valence-electron chi connectivity index (χ2n) is 5.93. The molecule has 1 saturated carbocycles. The molecule has 21 heavy (non-hydrogen) atoms.